The molecular formula is C25H37LiO3S. The van der Waals surface area contributed by atoms with Crippen LogP contribution in [0.3, 0.4) is 0 Å². The van der Waals surface area contributed by atoms with Crippen molar-refractivity contribution in [2.45, 2.75) is 103 Å². The Balaban J connectivity index is 0.00000450. The number of unbranched alkanes of at least 4 members (excludes halogenated alkanes) is 6. The Kier molecular flexibility index (Phi) is 12.3. The van der Waals surface area contributed by atoms with Crippen LogP contribution in [-0.4, -0.2) is 13.0 Å². The fourth-order valence-electron chi connectivity index (χ4n) is 4.38. The van der Waals surface area contributed by atoms with Gasteiger partial charge in [-0.3, -0.25) is 0 Å². The molecule has 0 heterocycles. The number of fused-ring (bicyclic) bond motifs is 1. The molecule has 0 fully saturated rings. The van der Waals surface area contributed by atoms with Gasteiger partial charge in [-0.1, -0.05) is 83.6 Å². The number of hydrogen-bond acceptors (Lipinski definition) is 3. The van der Waals surface area contributed by atoms with Gasteiger partial charge in [-0.25, -0.2) is 8.42 Å². The number of rotatable bonds is 13. The number of benzene rings is 2. The summed E-state index contributed by atoms with van der Waals surface area (Å²) in [5, 5.41) is 1.59. The zero-order chi connectivity index (χ0) is 21.3. The summed E-state index contributed by atoms with van der Waals surface area (Å²) in [4.78, 5) is 0.0509. The van der Waals surface area contributed by atoms with Crippen molar-refractivity contribution in [1.29, 1.82) is 0 Å². The van der Waals surface area contributed by atoms with E-state index in [-0.39, 0.29) is 23.8 Å². The summed E-state index contributed by atoms with van der Waals surface area (Å²) >= 11 is 0. The first-order valence-electron chi connectivity index (χ1n) is 11.5. The van der Waals surface area contributed by atoms with Gasteiger partial charge in [-0.2, -0.15) is 0 Å². The minimum Gasteiger partial charge on any atom is -0.744 e. The van der Waals surface area contributed by atoms with Crippen LogP contribution < -0.4 is 18.9 Å². The van der Waals surface area contributed by atoms with Crippen molar-refractivity contribution in [2.24, 2.45) is 0 Å². The van der Waals surface area contributed by atoms with Crippen LogP contribution in [0.15, 0.2) is 29.2 Å². The van der Waals surface area contributed by atoms with Crippen LogP contribution in [0, 0.1) is 0 Å². The van der Waals surface area contributed by atoms with E-state index in [4.69, 9.17) is 0 Å². The second-order valence-electron chi connectivity index (χ2n) is 8.14. The third-order valence-electron chi connectivity index (χ3n) is 5.84. The largest absolute Gasteiger partial charge is 1.00 e. The van der Waals surface area contributed by atoms with Crippen molar-refractivity contribution in [3.8, 4) is 0 Å². The second-order valence-corrected chi connectivity index (χ2v) is 9.45. The van der Waals surface area contributed by atoms with Gasteiger partial charge in [0.25, 0.3) is 0 Å². The van der Waals surface area contributed by atoms with E-state index in [0.29, 0.717) is 11.8 Å². The monoisotopic (exact) mass is 424 g/mol. The van der Waals surface area contributed by atoms with Crippen LogP contribution in [0.25, 0.3) is 10.8 Å². The summed E-state index contributed by atoms with van der Waals surface area (Å²) in [6.45, 7) is 6.52. The van der Waals surface area contributed by atoms with Crippen LogP contribution in [0.5, 0.6) is 0 Å². The summed E-state index contributed by atoms with van der Waals surface area (Å²) in [5.74, 6) is 0. The quantitative estimate of drug-likeness (QED) is 0.278. The summed E-state index contributed by atoms with van der Waals surface area (Å²) < 4.78 is 37.2. The average Bonchev–Trinajstić information content (AvgIpc) is 2.68. The zero-order valence-electron chi connectivity index (χ0n) is 19.4. The smallest absolute Gasteiger partial charge is 0.744 e. The molecule has 0 bridgehead atoms. The molecule has 0 atom stereocenters. The molecule has 30 heavy (non-hydrogen) atoms. The molecule has 0 radical (unpaired) electrons. The summed E-state index contributed by atoms with van der Waals surface area (Å²) in [7, 11) is -4.54. The maximum atomic E-state index is 12.4. The Morgan fingerprint density at radius 3 is 1.57 bits per heavy atom. The van der Waals surface area contributed by atoms with Crippen molar-refractivity contribution in [3.05, 3.63) is 41.0 Å². The molecular weight excluding hydrogens is 387 g/mol. The molecule has 0 spiro atoms. The number of hydrogen-bond donors (Lipinski definition) is 0. The molecule has 0 aliphatic carbocycles. The minimum absolute atomic E-state index is 0. The van der Waals surface area contributed by atoms with E-state index < -0.39 is 10.1 Å². The van der Waals surface area contributed by atoms with Gasteiger partial charge in [0, 0.05) is 0 Å². The molecule has 162 valence electrons. The normalized spacial score (nSPS) is 11.6. The molecule has 0 aliphatic rings. The molecule has 2 rings (SSSR count). The van der Waals surface area contributed by atoms with Crippen molar-refractivity contribution >= 4 is 20.9 Å². The number of aryl methyl sites for hydroxylation is 1. The molecule has 3 nitrogen and oxygen atoms in total. The first-order valence-corrected chi connectivity index (χ1v) is 12.9. The van der Waals surface area contributed by atoms with Crippen molar-refractivity contribution in [1.82, 2.24) is 0 Å². The van der Waals surface area contributed by atoms with Gasteiger partial charge in [-0.05, 0) is 66.0 Å². The van der Waals surface area contributed by atoms with E-state index in [1.807, 2.05) is 24.3 Å². The first-order chi connectivity index (χ1) is 14.0. The Hall–Kier alpha value is -0.793. The minimum atomic E-state index is -4.54. The molecule has 0 unspecified atom stereocenters. The average molecular weight is 425 g/mol. The van der Waals surface area contributed by atoms with Crippen LogP contribution in [-0.2, 0) is 29.4 Å². The Morgan fingerprint density at radius 1 is 0.667 bits per heavy atom. The van der Waals surface area contributed by atoms with Crippen molar-refractivity contribution in [2.75, 3.05) is 0 Å². The van der Waals surface area contributed by atoms with Crippen molar-refractivity contribution < 1.29 is 31.8 Å². The molecule has 0 aliphatic heterocycles. The van der Waals surface area contributed by atoms with Gasteiger partial charge >= 0.3 is 18.9 Å². The molecule has 0 amide bonds. The molecule has 5 heteroatoms. The molecule has 0 aromatic heterocycles. The second kappa shape index (κ2) is 13.6. The predicted molar refractivity (Wildman–Crippen MR) is 122 cm³/mol. The maximum Gasteiger partial charge on any atom is 1.00 e. The van der Waals surface area contributed by atoms with Crippen LogP contribution in [0.4, 0.5) is 0 Å². The van der Waals surface area contributed by atoms with E-state index in [9.17, 15) is 13.0 Å². The van der Waals surface area contributed by atoms with E-state index in [2.05, 4.69) is 20.8 Å². The van der Waals surface area contributed by atoms with E-state index >= 15 is 0 Å². The van der Waals surface area contributed by atoms with Crippen LogP contribution in [0.1, 0.15) is 95.2 Å². The third-order valence-corrected chi connectivity index (χ3v) is 6.81. The summed E-state index contributed by atoms with van der Waals surface area (Å²) in [6.07, 6.45) is 12.2. The SMILES string of the molecule is CCCCCc1c(CCCCC)c(S(=O)(=O)[O-])c2ccccc2c1CCCCC.[Li+]. The van der Waals surface area contributed by atoms with E-state index in [1.165, 1.54) is 5.56 Å². The topological polar surface area (TPSA) is 57.2 Å². The first kappa shape index (κ1) is 27.2. The summed E-state index contributed by atoms with van der Waals surface area (Å²) in [5.41, 5.74) is 3.25. The van der Waals surface area contributed by atoms with Gasteiger partial charge < -0.3 is 4.55 Å². The fourth-order valence-corrected chi connectivity index (χ4v) is 5.36. The third kappa shape index (κ3) is 7.13. The standard InChI is InChI=1S/C25H38O3S.Li/c1-4-7-10-15-20-21(16-11-8-5-2)23(18-12-9-6-3)25(29(26,27)28)24-19-14-13-17-22(20)24;/h13-14,17,19H,4-12,15-16,18H2,1-3H3,(H,26,27,28);/q;+1/p-1. The molecule has 2 aromatic rings. The van der Waals surface area contributed by atoms with E-state index in [1.54, 1.807) is 0 Å². The fraction of sp³-hybridized carbons (Fsp3) is 0.600. The van der Waals surface area contributed by atoms with Crippen molar-refractivity contribution in [3.63, 3.8) is 0 Å². The molecule has 0 saturated carbocycles. The maximum absolute atomic E-state index is 12.4. The molecule has 0 N–H and O–H groups in total. The van der Waals surface area contributed by atoms with Crippen LogP contribution >= 0.6 is 0 Å². The Labute approximate surface area is 196 Å². The van der Waals surface area contributed by atoms with Gasteiger partial charge in [0.1, 0.15) is 10.1 Å². The van der Waals surface area contributed by atoms with Gasteiger partial charge in [-0.15, -0.1) is 0 Å². The summed E-state index contributed by atoms with van der Waals surface area (Å²) in [6, 6.07) is 7.63. The van der Waals surface area contributed by atoms with Gasteiger partial charge in [0.15, 0.2) is 0 Å². The van der Waals surface area contributed by atoms with Gasteiger partial charge in [0.05, 0.1) is 4.90 Å². The zero-order valence-corrected chi connectivity index (χ0v) is 20.2. The predicted octanol–water partition coefficient (Wildman–Crippen LogP) is 3.95. The Morgan fingerprint density at radius 2 is 1.10 bits per heavy atom. The van der Waals surface area contributed by atoms with E-state index in [0.717, 1.165) is 87.1 Å². The Bertz CT molecular complexity index is 891. The molecule has 0 saturated heterocycles. The van der Waals surface area contributed by atoms with Crippen LogP contribution in [0.2, 0.25) is 0 Å². The molecule has 2 aromatic carbocycles. The van der Waals surface area contributed by atoms with Gasteiger partial charge in [0.2, 0.25) is 0 Å².